The lowest BCUT2D eigenvalue weighted by molar-refractivity contribution is 0.453. The van der Waals surface area contributed by atoms with E-state index in [9.17, 15) is 0 Å². The van der Waals surface area contributed by atoms with Crippen molar-refractivity contribution in [3.05, 3.63) is 18.5 Å². The number of rotatable bonds is 8. The Kier molecular flexibility index (Phi) is 6.52. The number of nitrogens with zero attached hydrogens (tertiary/aromatic N) is 2. The van der Waals surface area contributed by atoms with Crippen molar-refractivity contribution in [3.8, 4) is 0 Å². The topological polar surface area (TPSA) is 29.9 Å². The average molecular weight is 227 g/mol. The van der Waals surface area contributed by atoms with E-state index in [1.54, 1.807) is 0 Å². The van der Waals surface area contributed by atoms with E-state index in [0.29, 0.717) is 6.04 Å². The highest BCUT2D eigenvalue weighted by molar-refractivity contribution is 7.99. The van der Waals surface area contributed by atoms with Gasteiger partial charge in [0, 0.05) is 18.4 Å². The molecule has 0 aliphatic carbocycles. The van der Waals surface area contributed by atoms with Crippen LogP contribution in [0.2, 0.25) is 0 Å². The molecule has 1 rings (SSSR count). The van der Waals surface area contributed by atoms with Crippen molar-refractivity contribution in [1.82, 2.24) is 15.1 Å². The SMILES string of the molecule is CCSCCCNC(C)Cn1cccn1. The van der Waals surface area contributed by atoms with E-state index in [2.05, 4.69) is 24.3 Å². The highest BCUT2D eigenvalue weighted by atomic mass is 32.2. The Balaban J connectivity index is 2.01. The molecular weight excluding hydrogens is 206 g/mol. The molecule has 0 saturated heterocycles. The first-order chi connectivity index (χ1) is 7.33. The fourth-order valence-corrected chi connectivity index (χ4v) is 2.06. The van der Waals surface area contributed by atoms with Gasteiger partial charge in [0.2, 0.25) is 0 Å². The molecule has 1 unspecified atom stereocenters. The van der Waals surface area contributed by atoms with E-state index in [-0.39, 0.29) is 0 Å². The van der Waals surface area contributed by atoms with Crippen LogP contribution in [-0.2, 0) is 6.54 Å². The Morgan fingerprint density at radius 1 is 1.53 bits per heavy atom. The number of hydrogen-bond acceptors (Lipinski definition) is 3. The van der Waals surface area contributed by atoms with Gasteiger partial charge in [0.05, 0.1) is 6.54 Å². The van der Waals surface area contributed by atoms with Gasteiger partial charge in [0.1, 0.15) is 0 Å². The highest BCUT2D eigenvalue weighted by Crippen LogP contribution is 2.00. The van der Waals surface area contributed by atoms with Gasteiger partial charge in [-0.3, -0.25) is 4.68 Å². The van der Waals surface area contributed by atoms with Crippen LogP contribution in [0.5, 0.6) is 0 Å². The minimum absolute atomic E-state index is 0.497. The fourth-order valence-electron chi connectivity index (χ4n) is 1.42. The molecule has 1 aromatic rings. The molecule has 0 aliphatic heterocycles. The predicted molar refractivity (Wildman–Crippen MR) is 67.3 cm³/mol. The van der Waals surface area contributed by atoms with Gasteiger partial charge >= 0.3 is 0 Å². The van der Waals surface area contributed by atoms with Crippen molar-refractivity contribution < 1.29 is 0 Å². The van der Waals surface area contributed by atoms with Crippen LogP contribution in [0.3, 0.4) is 0 Å². The summed E-state index contributed by atoms with van der Waals surface area (Å²) in [4.78, 5) is 0. The van der Waals surface area contributed by atoms with E-state index >= 15 is 0 Å². The van der Waals surface area contributed by atoms with E-state index in [0.717, 1.165) is 13.1 Å². The van der Waals surface area contributed by atoms with Crippen LogP contribution < -0.4 is 5.32 Å². The molecule has 1 atom stereocenters. The number of thioether (sulfide) groups is 1. The lowest BCUT2D eigenvalue weighted by Gasteiger charge is -2.13. The van der Waals surface area contributed by atoms with Crippen molar-refractivity contribution in [3.63, 3.8) is 0 Å². The Bertz CT molecular complexity index is 236. The molecule has 1 aromatic heterocycles. The summed E-state index contributed by atoms with van der Waals surface area (Å²) in [6.45, 7) is 6.47. The number of hydrogen-bond donors (Lipinski definition) is 1. The summed E-state index contributed by atoms with van der Waals surface area (Å²) in [5.41, 5.74) is 0. The normalized spacial score (nSPS) is 12.9. The summed E-state index contributed by atoms with van der Waals surface area (Å²) in [5, 5.41) is 7.69. The quantitative estimate of drug-likeness (QED) is 0.689. The first kappa shape index (κ1) is 12.6. The number of aromatic nitrogens is 2. The first-order valence-electron chi connectivity index (χ1n) is 5.61. The highest BCUT2D eigenvalue weighted by Gasteiger charge is 2.01. The van der Waals surface area contributed by atoms with Crippen LogP contribution in [0.15, 0.2) is 18.5 Å². The third-order valence-electron chi connectivity index (χ3n) is 2.18. The second-order valence-electron chi connectivity index (χ2n) is 3.63. The summed E-state index contributed by atoms with van der Waals surface area (Å²) < 4.78 is 1.97. The molecule has 0 saturated carbocycles. The van der Waals surface area contributed by atoms with Crippen LogP contribution in [-0.4, -0.2) is 33.9 Å². The molecule has 0 fully saturated rings. The van der Waals surface area contributed by atoms with Crippen molar-refractivity contribution in [2.24, 2.45) is 0 Å². The summed E-state index contributed by atoms with van der Waals surface area (Å²) in [6, 6.07) is 2.46. The maximum atomic E-state index is 4.19. The molecule has 86 valence electrons. The van der Waals surface area contributed by atoms with Crippen LogP contribution in [0.4, 0.5) is 0 Å². The summed E-state index contributed by atoms with van der Waals surface area (Å²) >= 11 is 2.01. The Morgan fingerprint density at radius 3 is 3.07 bits per heavy atom. The summed E-state index contributed by atoms with van der Waals surface area (Å²) in [5.74, 6) is 2.49. The predicted octanol–water partition coefficient (Wildman–Crippen LogP) is 2.00. The molecular formula is C11H21N3S. The van der Waals surface area contributed by atoms with Crippen molar-refractivity contribution in [2.75, 3.05) is 18.1 Å². The van der Waals surface area contributed by atoms with Gasteiger partial charge in [-0.1, -0.05) is 6.92 Å². The Morgan fingerprint density at radius 2 is 2.40 bits per heavy atom. The summed E-state index contributed by atoms with van der Waals surface area (Å²) in [7, 11) is 0. The zero-order chi connectivity index (χ0) is 10.9. The van der Waals surface area contributed by atoms with Gasteiger partial charge in [-0.25, -0.2) is 0 Å². The number of nitrogens with one attached hydrogen (secondary N) is 1. The molecule has 0 aliphatic rings. The summed E-state index contributed by atoms with van der Waals surface area (Å²) in [6.07, 6.45) is 5.08. The fraction of sp³-hybridized carbons (Fsp3) is 0.727. The van der Waals surface area contributed by atoms with Gasteiger partial charge in [-0.15, -0.1) is 0 Å². The largest absolute Gasteiger partial charge is 0.312 e. The first-order valence-corrected chi connectivity index (χ1v) is 6.77. The maximum absolute atomic E-state index is 4.19. The third kappa shape index (κ3) is 5.85. The molecule has 1 heterocycles. The lowest BCUT2D eigenvalue weighted by atomic mass is 10.3. The van der Waals surface area contributed by atoms with E-state index in [1.807, 2.05) is 34.9 Å². The second kappa shape index (κ2) is 7.77. The van der Waals surface area contributed by atoms with Crippen molar-refractivity contribution in [2.45, 2.75) is 32.9 Å². The van der Waals surface area contributed by atoms with Crippen molar-refractivity contribution >= 4 is 11.8 Å². The molecule has 3 nitrogen and oxygen atoms in total. The van der Waals surface area contributed by atoms with E-state index in [4.69, 9.17) is 0 Å². The van der Waals surface area contributed by atoms with Crippen LogP contribution in [0.1, 0.15) is 20.3 Å². The molecule has 0 spiro atoms. The molecule has 0 amide bonds. The monoisotopic (exact) mass is 227 g/mol. The molecule has 1 N–H and O–H groups in total. The second-order valence-corrected chi connectivity index (χ2v) is 5.03. The minimum atomic E-state index is 0.497. The minimum Gasteiger partial charge on any atom is -0.312 e. The zero-order valence-corrected chi connectivity index (χ0v) is 10.5. The van der Waals surface area contributed by atoms with E-state index < -0.39 is 0 Å². The molecule has 4 heteroatoms. The molecule has 0 bridgehead atoms. The average Bonchev–Trinajstić information content (AvgIpc) is 2.70. The molecule has 15 heavy (non-hydrogen) atoms. The van der Waals surface area contributed by atoms with Gasteiger partial charge in [-0.2, -0.15) is 16.9 Å². The standard InChI is InChI=1S/C11H21N3S/c1-3-15-9-5-6-12-11(2)10-14-8-4-7-13-14/h4,7-8,11-12H,3,5-6,9-10H2,1-2H3. The Labute approximate surface area is 96.6 Å². The van der Waals surface area contributed by atoms with Gasteiger partial charge in [0.15, 0.2) is 0 Å². The maximum Gasteiger partial charge on any atom is 0.0559 e. The van der Waals surface area contributed by atoms with Gasteiger partial charge in [-0.05, 0) is 37.5 Å². The third-order valence-corrected chi connectivity index (χ3v) is 3.17. The molecule has 0 aromatic carbocycles. The zero-order valence-electron chi connectivity index (χ0n) is 9.65. The van der Waals surface area contributed by atoms with E-state index in [1.165, 1.54) is 17.9 Å². The lowest BCUT2D eigenvalue weighted by Crippen LogP contribution is -2.31. The van der Waals surface area contributed by atoms with Gasteiger partial charge in [0.25, 0.3) is 0 Å². The van der Waals surface area contributed by atoms with Crippen molar-refractivity contribution in [1.29, 1.82) is 0 Å². The van der Waals surface area contributed by atoms with Gasteiger partial charge < -0.3 is 5.32 Å². The Hall–Kier alpha value is -0.480. The van der Waals surface area contributed by atoms with Crippen LogP contribution in [0.25, 0.3) is 0 Å². The van der Waals surface area contributed by atoms with Crippen LogP contribution >= 0.6 is 11.8 Å². The molecule has 0 radical (unpaired) electrons. The smallest absolute Gasteiger partial charge is 0.0559 e. The van der Waals surface area contributed by atoms with Crippen LogP contribution in [0, 0.1) is 0 Å².